The maximum atomic E-state index is 11.1. The van der Waals surface area contributed by atoms with Crippen LogP contribution in [-0.2, 0) is 4.79 Å². The van der Waals surface area contributed by atoms with Crippen molar-refractivity contribution in [2.24, 2.45) is 5.92 Å². The molecule has 0 amide bonds. The van der Waals surface area contributed by atoms with Gasteiger partial charge in [-0.1, -0.05) is 11.6 Å². The first-order valence-corrected chi connectivity index (χ1v) is 6.70. The van der Waals surface area contributed by atoms with Gasteiger partial charge in [0, 0.05) is 24.8 Å². The predicted octanol–water partition coefficient (Wildman–Crippen LogP) is 2.86. The predicted molar refractivity (Wildman–Crippen MR) is 75.4 cm³/mol. The Hall–Kier alpha value is -1.82. The Kier molecular flexibility index (Phi) is 4.13. The van der Waals surface area contributed by atoms with Gasteiger partial charge in [0.15, 0.2) is 0 Å². The topological polar surface area (TPSA) is 83.7 Å². The van der Waals surface area contributed by atoms with E-state index in [-0.39, 0.29) is 10.7 Å². The van der Waals surface area contributed by atoms with Gasteiger partial charge >= 0.3 is 5.97 Å². The van der Waals surface area contributed by atoms with Gasteiger partial charge in [0.05, 0.1) is 10.8 Å². The first-order chi connectivity index (χ1) is 9.40. The monoisotopic (exact) mass is 298 g/mol. The van der Waals surface area contributed by atoms with Crippen LogP contribution in [0.15, 0.2) is 12.1 Å². The molecule has 1 fully saturated rings. The van der Waals surface area contributed by atoms with Crippen LogP contribution in [0.3, 0.4) is 0 Å². The molecule has 0 aliphatic carbocycles. The summed E-state index contributed by atoms with van der Waals surface area (Å²) >= 11 is 5.93. The SMILES string of the molecule is Cc1cc([N+](=O)[O-])c(Cl)cc1N1CCCC(C(=O)O)C1. The van der Waals surface area contributed by atoms with Crippen LogP contribution < -0.4 is 4.90 Å². The smallest absolute Gasteiger partial charge is 0.308 e. The highest BCUT2D eigenvalue weighted by atomic mass is 35.5. The summed E-state index contributed by atoms with van der Waals surface area (Å²) in [6.07, 6.45) is 1.44. The Morgan fingerprint density at radius 1 is 1.55 bits per heavy atom. The van der Waals surface area contributed by atoms with Gasteiger partial charge in [0.2, 0.25) is 0 Å². The Bertz CT molecular complexity index is 562. The highest BCUT2D eigenvalue weighted by Gasteiger charge is 2.27. The lowest BCUT2D eigenvalue weighted by atomic mass is 9.97. The maximum Gasteiger partial charge on any atom is 0.308 e. The van der Waals surface area contributed by atoms with Crippen LogP contribution in [0, 0.1) is 23.0 Å². The van der Waals surface area contributed by atoms with E-state index in [0.717, 1.165) is 24.2 Å². The van der Waals surface area contributed by atoms with Crippen LogP contribution >= 0.6 is 11.6 Å². The second-order valence-electron chi connectivity index (χ2n) is 4.97. The number of halogens is 1. The van der Waals surface area contributed by atoms with Crippen LogP contribution in [0.5, 0.6) is 0 Å². The minimum Gasteiger partial charge on any atom is -0.481 e. The van der Waals surface area contributed by atoms with E-state index in [1.54, 1.807) is 13.0 Å². The summed E-state index contributed by atoms with van der Waals surface area (Å²) < 4.78 is 0. The third kappa shape index (κ3) is 2.85. The van der Waals surface area contributed by atoms with E-state index in [1.165, 1.54) is 6.07 Å². The largest absolute Gasteiger partial charge is 0.481 e. The summed E-state index contributed by atoms with van der Waals surface area (Å²) in [6.45, 7) is 2.91. The van der Waals surface area contributed by atoms with Crippen molar-refractivity contribution < 1.29 is 14.8 Å². The number of anilines is 1. The summed E-state index contributed by atoms with van der Waals surface area (Å²) in [4.78, 5) is 23.3. The molecule has 1 aliphatic heterocycles. The van der Waals surface area contributed by atoms with E-state index >= 15 is 0 Å². The van der Waals surface area contributed by atoms with E-state index in [9.17, 15) is 14.9 Å². The van der Waals surface area contributed by atoms with E-state index in [1.807, 2.05) is 4.90 Å². The number of hydrogen-bond acceptors (Lipinski definition) is 4. The number of nitro benzene ring substituents is 1. The van der Waals surface area contributed by atoms with Crippen molar-refractivity contribution in [2.75, 3.05) is 18.0 Å². The number of carboxylic acid groups (broad SMARTS) is 1. The van der Waals surface area contributed by atoms with Crippen molar-refractivity contribution in [3.05, 3.63) is 32.8 Å². The van der Waals surface area contributed by atoms with Gasteiger partial charge < -0.3 is 10.0 Å². The molecule has 1 aromatic rings. The molecular weight excluding hydrogens is 284 g/mol. The van der Waals surface area contributed by atoms with Crippen molar-refractivity contribution in [3.8, 4) is 0 Å². The van der Waals surface area contributed by atoms with Gasteiger partial charge in [0.25, 0.3) is 5.69 Å². The average molecular weight is 299 g/mol. The van der Waals surface area contributed by atoms with Crippen molar-refractivity contribution in [1.82, 2.24) is 0 Å². The van der Waals surface area contributed by atoms with Crippen molar-refractivity contribution in [1.29, 1.82) is 0 Å². The molecule has 0 spiro atoms. The first kappa shape index (κ1) is 14.6. The van der Waals surface area contributed by atoms with E-state index in [2.05, 4.69) is 0 Å². The van der Waals surface area contributed by atoms with Gasteiger partial charge in [-0.2, -0.15) is 0 Å². The molecule has 20 heavy (non-hydrogen) atoms. The molecular formula is C13H15ClN2O4. The quantitative estimate of drug-likeness (QED) is 0.685. The van der Waals surface area contributed by atoms with Gasteiger partial charge in [-0.15, -0.1) is 0 Å². The average Bonchev–Trinajstić information content (AvgIpc) is 2.40. The molecule has 0 aromatic heterocycles. The molecule has 108 valence electrons. The normalized spacial score (nSPS) is 18.9. The van der Waals surface area contributed by atoms with Gasteiger partial charge in [-0.25, -0.2) is 0 Å². The Morgan fingerprint density at radius 3 is 2.85 bits per heavy atom. The lowest BCUT2D eigenvalue weighted by molar-refractivity contribution is -0.384. The van der Waals surface area contributed by atoms with Gasteiger partial charge in [-0.3, -0.25) is 14.9 Å². The summed E-state index contributed by atoms with van der Waals surface area (Å²) in [5, 5.41) is 20.0. The number of carbonyl (C=O) groups is 1. The molecule has 0 saturated carbocycles. The highest BCUT2D eigenvalue weighted by Crippen LogP contribution is 2.34. The molecule has 6 nitrogen and oxygen atoms in total. The molecule has 0 radical (unpaired) electrons. The lowest BCUT2D eigenvalue weighted by Crippen LogP contribution is -2.39. The fraction of sp³-hybridized carbons (Fsp3) is 0.462. The Labute approximate surface area is 121 Å². The molecule has 1 saturated heterocycles. The van der Waals surface area contributed by atoms with Crippen molar-refractivity contribution >= 4 is 28.9 Å². The number of aryl methyl sites for hydroxylation is 1. The number of carboxylic acids is 1. The minimum absolute atomic E-state index is 0.0769. The second-order valence-corrected chi connectivity index (χ2v) is 5.38. The standard InChI is InChI=1S/C13H15ClN2O4/c1-8-5-12(16(19)20)10(14)6-11(8)15-4-2-3-9(7-15)13(17)18/h5-6,9H,2-4,7H2,1H3,(H,17,18). The fourth-order valence-electron chi connectivity index (χ4n) is 2.53. The number of nitro groups is 1. The number of nitrogens with zero attached hydrogens (tertiary/aromatic N) is 2. The zero-order valence-corrected chi connectivity index (χ0v) is 11.8. The maximum absolute atomic E-state index is 11.1. The second kappa shape index (κ2) is 5.66. The number of aliphatic carboxylic acids is 1. The first-order valence-electron chi connectivity index (χ1n) is 6.32. The minimum atomic E-state index is -0.805. The lowest BCUT2D eigenvalue weighted by Gasteiger charge is -2.33. The number of benzene rings is 1. The van der Waals surface area contributed by atoms with Crippen LogP contribution in [0.1, 0.15) is 18.4 Å². The number of hydrogen-bond donors (Lipinski definition) is 1. The Balaban J connectivity index is 2.31. The van der Waals surface area contributed by atoms with Crippen molar-refractivity contribution in [3.63, 3.8) is 0 Å². The molecule has 1 unspecified atom stereocenters. The van der Waals surface area contributed by atoms with E-state index in [0.29, 0.717) is 13.0 Å². The zero-order valence-electron chi connectivity index (χ0n) is 11.0. The third-order valence-electron chi connectivity index (χ3n) is 3.57. The van der Waals surface area contributed by atoms with Gasteiger partial charge in [-0.05, 0) is 31.4 Å². The van der Waals surface area contributed by atoms with E-state index < -0.39 is 16.8 Å². The molecule has 0 bridgehead atoms. The van der Waals surface area contributed by atoms with E-state index in [4.69, 9.17) is 16.7 Å². The van der Waals surface area contributed by atoms with Crippen LogP contribution in [0.25, 0.3) is 0 Å². The zero-order chi connectivity index (χ0) is 14.9. The number of piperidine rings is 1. The molecule has 1 N–H and O–H groups in total. The molecule has 1 heterocycles. The van der Waals surface area contributed by atoms with Crippen LogP contribution in [0.2, 0.25) is 5.02 Å². The van der Waals surface area contributed by atoms with Crippen molar-refractivity contribution in [2.45, 2.75) is 19.8 Å². The number of rotatable bonds is 3. The summed E-state index contributed by atoms with van der Waals surface area (Å²) in [6, 6.07) is 2.99. The molecule has 1 aromatic carbocycles. The molecule has 7 heteroatoms. The highest BCUT2D eigenvalue weighted by molar-refractivity contribution is 6.33. The summed E-state index contributed by atoms with van der Waals surface area (Å²) in [5.74, 6) is -1.21. The van der Waals surface area contributed by atoms with Crippen LogP contribution in [-0.4, -0.2) is 29.1 Å². The molecule has 1 atom stereocenters. The fourth-order valence-corrected chi connectivity index (χ4v) is 2.76. The Morgan fingerprint density at radius 2 is 2.25 bits per heavy atom. The molecule has 2 rings (SSSR count). The third-order valence-corrected chi connectivity index (χ3v) is 3.88. The molecule has 1 aliphatic rings. The van der Waals surface area contributed by atoms with Crippen LogP contribution in [0.4, 0.5) is 11.4 Å². The summed E-state index contributed by atoms with van der Waals surface area (Å²) in [5.41, 5.74) is 1.37. The summed E-state index contributed by atoms with van der Waals surface area (Å²) in [7, 11) is 0. The van der Waals surface area contributed by atoms with Gasteiger partial charge in [0.1, 0.15) is 5.02 Å².